The molecule has 0 aliphatic carbocycles. The van der Waals surface area contributed by atoms with Gasteiger partial charge in [-0.3, -0.25) is 0 Å². The molecule has 2 rings (SSSR count). The quantitative estimate of drug-likeness (QED) is 0.634. The molecule has 0 saturated carbocycles. The van der Waals surface area contributed by atoms with Crippen molar-refractivity contribution in [2.45, 2.75) is 13.1 Å². The topological polar surface area (TPSA) is 12.9 Å². The zero-order valence-electron chi connectivity index (χ0n) is 8.27. The van der Waals surface area contributed by atoms with Gasteiger partial charge in [-0.25, -0.2) is 4.98 Å². The van der Waals surface area contributed by atoms with Gasteiger partial charge in [0, 0.05) is 11.6 Å². The average Bonchev–Trinajstić information content (AvgIpc) is 2.16. The summed E-state index contributed by atoms with van der Waals surface area (Å²) in [7, 11) is 0. The first-order chi connectivity index (χ1) is 7.41. The maximum absolute atomic E-state index is 12.7. The SMILES string of the molecule is Cc1cccc2c(C(F)(F)F)cnc(Cl)c12. The van der Waals surface area contributed by atoms with Crippen LogP contribution in [0.2, 0.25) is 5.15 Å². The molecule has 0 saturated heterocycles. The van der Waals surface area contributed by atoms with Crippen molar-refractivity contribution in [2.24, 2.45) is 0 Å². The van der Waals surface area contributed by atoms with E-state index in [-0.39, 0.29) is 10.5 Å². The van der Waals surface area contributed by atoms with Crippen molar-refractivity contribution in [3.63, 3.8) is 0 Å². The number of pyridine rings is 1. The zero-order chi connectivity index (χ0) is 11.9. The van der Waals surface area contributed by atoms with E-state index in [1.807, 2.05) is 0 Å². The third-order valence-corrected chi connectivity index (χ3v) is 2.67. The van der Waals surface area contributed by atoms with E-state index in [9.17, 15) is 13.2 Å². The number of rotatable bonds is 0. The summed E-state index contributed by atoms with van der Waals surface area (Å²) in [5.74, 6) is 0. The lowest BCUT2D eigenvalue weighted by molar-refractivity contribution is -0.136. The summed E-state index contributed by atoms with van der Waals surface area (Å²) in [6, 6.07) is 4.68. The first-order valence-corrected chi connectivity index (χ1v) is 4.90. The second kappa shape index (κ2) is 3.63. The van der Waals surface area contributed by atoms with E-state index in [1.54, 1.807) is 19.1 Å². The molecular formula is C11H7ClF3N. The predicted molar refractivity (Wildman–Crippen MR) is 56.5 cm³/mol. The molecule has 0 aliphatic rings. The van der Waals surface area contributed by atoms with Gasteiger partial charge in [0.1, 0.15) is 5.15 Å². The Balaban J connectivity index is 2.90. The molecule has 84 valence electrons. The number of aryl methyl sites for hydroxylation is 1. The van der Waals surface area contributed by atoms with E-state index in [0.717, 1.165) is 6.20 Å². The monoisotopic (exact) mass is 245 g/mol. The fraction of sp³-hybridized carbons (Fsp3) is 0.182. The van der Waals surface area contributed by atoms with Crippen LogP contribution in [-0.2, 0) is 6.18 Å². The second-order valence-corrected chi connectivity index (χ2v) is 3.82. The number of fused-ring (bicyclic) bond motifs is 1. The van der Waals surface area contributed by atoms with E-state index in [0.29, 0.717) is 10.9 Å². The van der Waals surface area contributed by atoms with Gasteiger partial charge in [0.15, 0.2) is 0 Å². The number of hydrogen-bond donors (Lipinski definition) is 0. The summed E-state index contributed by atoms with van der Waals surface area (Å²) < 4.78 is 38.1. The Bertz CT molecular complexity index is 540. The Labute approximate surface area is 94.9 Å². The van der Waals surface area contributed by atoms with E-state index >= 15 is 0 Å². The highest BCUT2D eigenvalue weighted by atomic mass is 35.5. The van der Waals surface area contributed by atoms with E-state index in [2.05, 4.69) is 4.98 Å². The Hall–Kier alpha value is -1.29. The van der Waals surface area contributed by atoms with Crippen LogP contribution in [0.4, 0.5) is 13.2 Å². The number of halogens is 4. The highest BCUT2D eigenvalue weighted by Crippen LogP contribution is 2.37. The fourth-order valence-electron chi connectivity index (χ4n) is 1.65. The molecule has 1 aromatic carbocycles. The van der Waals surface area contributed by atoms with Crippen molar-refractivity contribution in [1.29, 1.82) is 0 Å². The molecule has 2 aromatic rings. The summed E-state index contributed by atoms with van der Waals surface area (Å²) in [5.41, 5.74) is -0.0725. The minimum atomic E-state index is -4.41. The van der Waals surface area contributed by atoms with Gasteiger partial charge < -0.3 is 0 Å². The van der Waals surface area contributed by atoms with Crippen molar-refractivity contribution in [2.75, 3.05) is 0 Å². The lowest BCUT2D eigenvalue weighted by atomic mass is 10.0. The fourth-order valence-corrected chi connectivity index (χ4v) is 1.95. The van der Waals surface area contributed by atoms with Gasteiger partial charge in [-0.15, -0.1) is 0 Å². The number of aromatic nitrogens is 1. The Morgan fingerprint density at radius 2 is 1.94 bits per heavy atom. The van der Waals surface area contributed by atoms with Gasteiger partial charge in [0.2, 0.25) is 0 Å². The van der Waals surface area contributed by atoms with Crippen LogP contribution < -0.4 is 0 Å². The van der Waals surface area contributed by atoms with Gasteiger partial charge in [0.25, 0.3) is 0 Å². The second-order valence-electron chi connectivity index (χ2n) is 3.46. The molecule has 0 radical (unpaired) electrons. The maximum Gasteiger partial charge on any atom is 0.418 e. The maximum atomic E-state index is 12.7. The van der Waals surface area contributed by atoms with Crippen LogP contribution in [0.25, 0.3) is 10.8 Å². The molecule has 0 spiro atoms. The molecule has 0 aliphatic heterocycles. The summed E-state index contributed by atoms with van der Waals surface area (Å²) in [6.45, 7) is 1.70. The van der Waals surface area contributed by atoms with Crippen molar-refractivity contribution in [3.8, 4) is 0 Å². The van der Waals surface area contributed by atoms with Gasteiger partial charge >= 0.3 is 6.18 Å². The minimum Gasteiger partial charge on any atom is -0.243 e. The molecule has 1 aromatic heterocycles. The van der Waals surface area contributed by atoms with Gasteiger partial charge in [-0.05, 0) is 17.9 Å². The smallest absolute Gasteiger partial charge is 0.243 e. The van der Waals surface area contributed by atoms with E-state index in [1.165, 1.54) is 6.07 Å². The normalized spacial score (nSPS) is 12.1. The highest BCUT2D eigenvalue weighted by molar-refractivity contribution is 6.34. The summed E-state index contributed by atoms with van der Waals surface area (Å²) in [4.78, 5) is 3.58. The summed E-state index contributed by atoms with van der Waals surface area (Å²) in [6.07, 6.45) is -3.65. The number of alkyl halides is 3. The zero-order valence-corrected chi connectivity index (χ0v) is 9.02. The molecule has 0 N–H and O–H groups in total. The molecule has 0 amide bonds. The van der Waals surface area contributed by atoms with Crippen molar-refractivity contribution < 1.29 is 13.2 Å². The van der Waals surface area contributed by atoms with Crippen LogP contribution in [0.5, 0.6) is 0 Å². The molecule has 0 fully saturated rings. The highest BCUT2D eigenvalue weighted by Gasteiger charge is 2.33. The number of hydrogen-bond acceptors (Lipinski definition) is 1. The molecule has 1 heterocycles. The first-order valence-electron chi connectivity index (χ1n) is 4.52. The number of nitrogens with zero attached hydrogens (tertiary/aromatic N) is 1. The van der Waals surface area contributed by atoms with Crippen molar-refractivity contribution in [1.82, 2.24) is 4.98 Å². The van der Waals surface area contributed by atoms with Crippen LogP contribution in [-0.4, -0.2) is 4.98 Å². The van der Waals surface area contributed by atoms with Crippen LogP contribution >= 0.6 is 11.6 Å². The lowest BCUT2D eigenvalue weighted by Crippen LogP contribution is -2.07. The van der Waals surface area contributed by atoms with Crippen LogP contribution in [0.1, 0.15) is 11.1 Å². The molecule has 16 heavy (non-hydrogen) atoms. The molecule has 0 unspecified atom stereocenters. The largest absolute Gasteiger partial charge is 0.418 e. The first kappa shape index (κ1) is 11.2. The van der Waals surface area contributed by atoms with Gasteiger partial charge in [-0.1, -0.05) is 29.8 Å². The Morgan fingerprint density at radius 1 is 1.25 bits per heavy atom. The summed E-state index contributed by atoms with van der Waals surface area (Å²) in [5, 5.41) is 0.549. The average molecular weight is 246 g/mol. The molecule has 0 atom stereocenters. The third kappa shape index (κ3) is 1.73. The molecule has 1 nitrogen and oxygen atoms in total. The summed E-state index contributed by atoms with van der Waals surface area (Å²) >= 11 is 5.81. The lowest BCUT2D eigenvalue weighted by Gasteiger charge is -2.11. The molecule has 0 bridgehead atoms. The van der Waals surface area contributed by atoms with Crippen molar-refractivity contribution >= 4 is 22.4 Å². The standard InChI is InChI=1S/C11H7ClF3N/c1-6-3-2-4-7-8(11(13,14)15)5-16-10(12)9(6)7/h2-5H,1H3. The van der Waals surface area contributed by atoms with Gasteiger partial charge in [-0.2, -0.15) is 13.2 Å². The van der Waals surface area contributed by atoms with E-state index < -0.39 is 11.7 Å². The molecular weight excluding hydrogens is 239 g/mol. The van der Waals surface area contributed by atoms with E-state index in [4.69, 9.17) is 11.6 Å². The van der Waals surface area contributed by atoms with Gasteiger partial charge in [0.05, 0.1) is 5.56 Å². The van der Waals surface area contributed by atoms with Crippen molar-refractivity contribution in [3.05, 3.63) is 40.7 Å². The third-order valence-electron chi connectivity index (χ3n) is 2.38. The predicted octanol–water partition coefficient (Wildman–Crippen LogP) is 4.22. The molecule has 5 heteroatoms. The Morgan fingerprint density at radius 3 is 2.56 bits per heavy atom. The van der Waals surface area contributed by atoms with Crippen LogP contribution in [0, 0.1) is 6.92 Å². The van der Waals surface area contributed by atoms with Crippen LogP contribution in [0.15, 0.2) is 24.4 Å². The Kier molecular flexibility index (Phi) is 2.54. The minimum absolute atomic E-state index is 0.0903. The number of benzene rings is 1. The van der Waals surface area contributed by atoms with Crippen LogP contribution in [0.3, 0.4) is 0 Å².